The SMILES string of the molecule is CCc1cc(P2CCN(CC)CC2)ccc1Nc1nc(C2CC2)c2c(C#N)c[nH]c2n1. The summed E-state index contributed by atoms with van der Waals surface area (Å²) in [6.45, 7) is 8.08. The van der Waals surface area contributed by atoms with Gasteiger partial charge in [0.15, 0.2) is 0 Å². The minimum Gasteiger partial charge on any atom is -0.345 e. The maximum atomic E-state index is 9.44. The van der Waals surface area contributed by atoms with E-state index in [1.165, 1.54) is 36.3 Å². The van der Waals surface area contributed by atoms with Gasteiger partial charge in [0.2, 0.25) is 5.95 Å². The maximum Gasteiger partial charge on any atom is 0.229 e. The third-order valence-corrected chi connectivity index (χ3v) is 9.03. The Morgan fingerprint density at radius 3 is 2.71 bits per heavy atom. The van der Waals surface area contributed by atoms with Crippen molar-refractivity contribution in [1.29, 1.82) is 5.26 Å². The van der Waals surface area contributed by atoms with Gasteiger partial charge in [0.1, 0.15) is 11.7 Å². The number of nitrogens with one attached hydrogen (secondary N) is 2. The lowest BCUT2D eigenvalue weighted by atomic mass is 10.1. The van der Waals surface area contributed by atoms with Crippen LogP contribution in [0.1, 0.15) is 49.4 Å². The van der Waals surface area contributed by atoms with Crippen LogP contribution in [0.15, 0.2) is 24.4 Å². The van der Waals surface area contributed by atoms with Crippen molar-refractivity contribution in [2.75, 3.05) is 37.3 Å². The molecule has 0 radical (unpaired) electrons. The van der Waals surface area contributed by atoms with Gasteiger partial charge in [-0.2, -0.15) is 10.2 Å². The second kappa shape index (κ2) is 8.57. The number of hydrogen-bond donors (Lipinski definition) is 2. The molecule has 1 aromatic carbocycles. The van der Waals surface area contributed by atoms with E-state index in [2.05, 4.69) is 58.3 Å². The Labute approximate surface area is 184 Å². The minimum absolute atomic E-state index is 0.0574. The van der Waals surface area contributed by atoms with E-state index in [4.69, 9.17) is 4.98 Å². The van der Waals surface area contributed by atoms with Crippen LogP contribution in [0.4, 0.5) is 11.6 Å². The first-order valence-corrected chi connectivity index (χ1v) is 13.1. The number of hydrogen-bond acceptors (Lipinski definition) is 5. The summed E-state index contributed by atoms with van der Waals surface area (Å²) in [5.41, 5.74) is 4.79. The normalized spacial score (nSPS) is 17.7. The molecule has 1 aliphatic heterocycles. The molecule has 3 heterocycles. The first-order chi connectivity index (χ1) is 15.2. The first-order valence-electron chi connectivity index (χ1n) is 11.4. The number of aromatic amines is 1. The molecule has 0 spiro atoms. The molecule has 160 valence electrons. The molecule has 6 nitrogen and oxygen atoms in total. The van der Waals surface area contributed by atoms with Crippen molar-refractivity contribution in [3.05, 3.63) is 41.2 Å². The Morgan fingerprint density at radius 2 is 2.03 bits per heavy atom. The molecular formula is C24H29N6P. The van der Waals surface area contributed by atoms with E-state index < -0.39 is 0 Å². The van der Waals surface area contributed by atoms with Crippen LogP contribution in [-0.2, 0) is 6.42 Å². The molecule has 0 amide bonds. The Kier molecular flexibility index (Phi) is 5.65. The Hall–Kier alpha value is -2.48. The molecule has 1 saturated heterocycles. The minimum atomic E-state index is -0.0574. The average molecular weight is 433 g/mol. The third kappa shape index (κ3) is 4.05. The van der Waals surface area contributed by atoms with E-state index in [0.29, 0.717) is 17.4 Å². The average Bonchev–Trinajstić information content (AvgIpc) is 3.58. The van der Waals surface area contributed by atoms with Gasteiger partial charge in [-0.1, -0.05) is 27.8 Å². The topological polar surface area (TPSA) is 80.6 Å². The summed E-state index contributed by atoms with van der Waals surface area (Å²) in [6, 6.07) is 9.19. The highest BCUT2D eigenvalue weighted by Gasteiger charge is 2.30. The van der Waals surface area contributed by atoms with Crippen molar-refractivity contribution in [1.82, 2.24) is 19.9 Å². The zero-order valence-electron chi connectivity index (χ0n) is 18.3. The van der Waals surface area contributed by atoms with E-state index in [0.717, 1.165) is 48.2 Å². The molecule has 1 aliphatic carbocycles. The molecule has 2 N–H and O–H groups in total. The summed E-state index contributed by atoms with van der Waals surface area (Å²) < 4.78 is 0. The summed E-state index contributed by atoms with van der Waals surface area (Å²) >= 11 is 0. The summed E-state index contributed by atoms with van der Waals surface area (Å²) in [4.78, 5) is 15.3. The summed E-state index contributed by atoms with van der Waals surface area (Å²) in [5.74, 6) is 1.06. The van der Waals surface area contributed by atoms with Crippen molar-refractivity contribution >= 4 is 35.9 Å². The van der Waals surface area contributed by atoms with Gasteiger partial charge in [-0.3, -0.25) is 0 Å². The second-order valence-corrected chi connectivity index (χ2v) is 11.0. The van der Waals surface area contributed by atoms with E-state index in [9.17, 15) is 5.26 Å². The van der Waals surface area contributed by atoms with Crippen molar-refractivity contribution in [2.45, 2.75) is 39.0 Å². The number of anilines is 2. The molecule has 0 bridgehead atoms. The molecule has 5 rings (SSSR count). The van der Waals surface area contributed by atoms with Crippen LogP contribution in [0.25, 0.3) is 11.0 Å². The fourth-order valence-corrected chi connectivity index (χ4v) is 6.90. The molecule has 31 heavy (non-hydrogen) atoms. The molecular weight excluding hydrogens is 403 g/mol. The van der Waals surface area contributed by atoms with E-state index in [1.807, 2.05) is 0 Å². The van der Waals surface area contributed by atoms with Crippen molar-refractivity contribution in [3.63, 3.8) is 0 Å². The predicted octanol–water partition coefficient (Wildman–Crippen LogP) is 4.46. The Balaban J connectivity index is 1.42. The zero-order chi connectivity index (χ0) is 21.4. The molecule has 7 heteroatoms. The highest BCUT2D eigenvalue weighted by Crippen LogP contribution is 2.43. The zero-order valence-corrected chi connectivity index (χ0v) is 19.2. The van der Waals surface area contributed by atoms with Crippen LogP contribution in [0.3, 0.4) is 0 Å². The van der Waals surface area contributed by atoms with Gasteiger partial charge >= 0.3 is 0 Å². The number of rotatable bonds is 6. The van der Waals surface area contributed by atoms with Crippen LogP contribution in [-0.4, -0.2) is 51.8 Å². The Bertz CT molecular complexity index is 1130. The monoisotopic (exact) mass is 432 g/mol. The molecule has 0 atom stereocenters. The lowest BCUT2D eigenvalue weighted by Crippen LogP contribution is -2.35. The van der Waals surface area contributed by atoms with Gasteiger partial charge in [0.05, 0.1) is 16.6 Å². The lowest BCUT2D eigenvalue weighted by molar-refractivity contribution is 0.317. The number of aromatic nitrogens is 3. The van der Waals surface area contributed by atoms with Crippen molar-refractivity contribution < 1.29 is 0 Å². The third-order valence-electron chi connectivity index (χ3n) is 6.54. The fourth-order valence-electron chi connectivity index (χ4n) is 4.49. The van der Waals surface area contributed by atoms with E-state index in [1.54, 1.807) is 6.20 Å². The van der Waals surface area contributed by atoms with E-state index in [-0.39, 0.29) is 7.92 Å². The van der Waals surface area contributed by atoms with Crippen molar-refractivity contribution in [3.8, 4) is 6.07 Å². The number of nitrogens with zero attached hydrogens (tertiary/aromatic N) is 4. The standard InChI is InChI=1S/C24H29N6P/c1-3-16-13-19(31-11-9-30(4-2)10-12-31)7-8-20(16)27-24-28-22(17-5-6-17)21-18(14-25)15-26-23(21)29-24/h7-8,13,15,17H,3-6,9-12H2,1-2H3,(H2,26,27,28,29). The Morgan fingerprint density at radius 1 is 1.23 bits per heavy atom. The molecule has 1 saturated carbocycles. The fraction of sp³-hybridized carbons (Fsp3) is 0.458. The largest absolute Gasteiger partial charge is 0.345 e. The van der Waals surface area contributed by atoms with Gasteiger partial charge < -0.3 is 15.2 Å². The van der Waals surface area contributed by atoms with Crippen LogP contribution in [0.2, 0.25) is 0 Å². The highest BCUT2D eigenvalue weighted by atomic mass is 31.1. The van der Waals surface area contributed by atoms with Gasteiger partial charge in [-0.25, -0.2) is 4.98 Å². The van der Waals surface area contributed by atoms with Crippen LogP contribution in [0.5, 0.6) is 0 Å². The highest BCUT2D eigenvalue weighted by molar-refractivity contribution is 7.65. The van der Waals surface area contributed by atoms with Gasteiger partial charge in [0, 0.05) is 30.9 Å². The smallest absolute Gasteiger partial charge is 0.229 e. The maximum absolute atomic E-state index is 9.44. The van der Waals surface area contributed by atoms with Crippen molar-refractivity contribution in [2.24, 2.45) is 0 Å². The van der Waals surface area contributed by atoms with Crippen LogP contribution in [0, 0.1) is 11.3 Å². The van der Waals surface area contributed by atoms with Crippen LogP contribution < -0.4 is 10.6 Å². The van der Waals surface area contributed by atoms with Gasteiger partial charge in [0.25, 0.3) is 0 Å². The number of fused-ring (bicyclic) bond motifs is 1. The number of benzene rings is 1. The summed E-state index contributed by atoms with van der Waals surface area (Å²) in [6.07, 6.45) is 7.59. The summed E-state index contributed by atoms with van der Waals surface area (Å²) in [5, 5.41) is 15.3. The molecule has 2 aromatic heterocycles. The first kappa shape index (κ1) is 20.4. The lowest BCUT2D eigenvalue weighted by Gasteiger charge is -2.32. The number of nitriles is 1. The second-order valence-electron chi connectivity index (χ2n) is 8.49. The van der Waals surface area contributed by atoms with Crippen LogP contribution >= 0.6 is 7.92 Å². The predicted molar refractivity (Wildman–Crippen MR) is 128 cm³/mol. The molecule has 0 unspecified atom stereocenters. The number of H-pyrrole nitrogens is 1. The molecule has 2 aliphatic rings. The van der Waals surface area contributed by atoms with Gasteiger partial charge in [-0.15, -0.1) is 0 Å². The molecule has 3 aromatic rings. The number of aryl methyl sites for hydroxylation is 1. The van der Waals surface area contributed by atoms with E-state index >= 15 is 0 Å². The molecule has 2 fully saturated rings. The van der Waals surface area contributed by atoms with Gasteiger partial charge in [-0.05, 0) is 61.1 Å². The summed E-state index contributed by atoms with van der Waals surface area (Å²) in [7, 11) is -0.0574. The quantitative estimate of drug-likeness (QED) is 0.563.